The average Bonchev–Trinajstić information content (AvgIpc) is 3.42. The molecular formula is C20H24N4O6S2. The molecule has 4 rings (SSSR count). The number of methoxy groups -OCH3 is 1. The fourth-order valence-corrected chi connectivity index (χ4v) is 6.06. The second-order valence-corrected chi connectivity index (χ2v) is 10.1. The van der Waals surface area contributed by atoms with Crippen LogP contribution in [-0.4, -0.2) is 69.5 Å². The van der Waals surface area contributed by atoms with Gasteiger partial charge in [-0.15, -0.1) is 11.3 Å². The van der Waals surface area contributed by atoms with E-state index in [4.69, 9.17) is 9.47 Å². The molecule has 0 aliphatic carbocycles. The van der Waals surface area contributed by atoms with Crippen molar-refractivity contribution in [3.8, 4) is 5.75 Å². The summed E-state index contributed by atoms with van der Waals surface area (Å²) in [6.45, 7) is 1.82. The van der Waals surface area contributed by atoms with Crippen LogP contribution in [-0.2, 0) is 30.8 Å². The number of nitrogens with one attached hydrogen (secondary N) is 1. The molecule has 12 heteroatoms. The molecule has 2 fully saturated rings. The summed E-state index contributed by atoms with van der Waals surface area (Å²) in [5.41, 5.74) is 0.893. The van der Waals surface area contributed by atoms with Gasteiger partial charge >= 0.3 is 0 Å². The summed E-state index contributed by atoms with van der Waals surface area (Å²) in [4.78, 5) is 30.5. The van der Waals surface area contributed by atoms with E-state index >= 15 is 0 Å². The molecule has 0 saturated carbocycles. The van der Waals surface area contributed by atoms with Gasteiger partial charge in [0.2, 0.25) is 21.8 Å². The predicted octanol–water partition coefficient (Wildman–Crippen LogP) is 1.48. The molecule has 0 unspecified atom stereocenters. The highest BCUT2D eigenvalue weighted by atomic mass is 32.2. The first kappa shape index (κ1) is 22.6. The number of nitrogens with zero attached hydrogens (tertiary/aromatic N) is 3. The van der Waals surface area contributed by atoms with Crippen LogP contribution in [0.2, 0.25) is 0 Å². The van der Waals surface area contributed by atoms with E-state index in [1.54, 1.807) is 16.3 Å². The van der Waals surface area contributed by atoms with Crippen LogP contribution < -0.4 is 15.0 Å². The van der Waals surface area contributed by atoms with Crippen molar-refractivity contribution >= 4 is 44.0 Å². The lowest BCUT2D eigenvalue weighted by molar-refractivity contribution is -0.117. The van der Waals surface area contributed by atoms with Gasteiger partial charge in [0.1, 0.15) is 10.6 Å². The molecule has 2 aliphatic rings. The number of carbonyl (C=O) groups excluding carboxylic acids is 2. The summed E-state index contributed by atoms with van der Waals surface area (Å²) < 4.78 is 38.0. The van der Waals surface area contributed by atoms with E-state index < -0.39 is 10.0 Å². The molecule has 1 aromatic carbocycles. The van der Waals surface area contributed by atoms with Crippen molar-refractivity contribution in [2.45, 2.75) is 24.2 Å². The lowest BCUT2D eigenvalue weighted by Crippen LogP contribution is -2.40. The van der Waals surface area contributed by atoms with E-state index in [2.05, 4.69) is 10.3 Å². The van der Waals surface area contributed by atoms with Crippen LogP contribution in [0.4, 0.5) is 10.8 Å². The Labute approximate surface area is 190 Å². The van der Waals surface area contributed by atoms with Crippen LogP contribution in [0.3, 0.4) is 0 Å². The standard InChI is InChI=1S/C20H24N4O6S2/c1-29-16-5-4-14(11-17(16)32(27,28)23-7-9-30-10-8-23)21-18(25)12-15-13-31-20(22-15)24-6-2-3-19(24)26/h4-5,11,13H,2-3,6-10,12H2,1H3,(H,21,25). The summed E-state index contributed by atoms with van der Waals surface area (Å²) in [6, 6.07) is 4.50. The summed E-state index contributed by atoms with van der Waals surface area (Å²) in [5.74, 6) is -0.0917. The van der Waals surface area contributed by atoms with E-state index in [1.165, 1.54) is 34.9 Å². The van der Waals surface area contributed by atoms with Gasteiger partial charge in [-0.25, -0.2) is 13.4 Å². The molecular weight excluding hydrogens is 456 g/mol. The van der Waals surface area contributed by atoms with Crippen LogP contribution in [0.15, 0.2) is 28.5 Å². The van der Waals surface area contributed by atoms with Gasteiger partial charge in [0, 0.05) is 37.1 Å². The first-order chi connectivity index (χ1) is 15.4. The third-order valence-corrected chi connectivity index (χ3v) is 8.05. The summed E-state index contributed by atoms with van der Waals surface area (Å²) in [5, 5.41) is 5.08. The van der Waals surface area contributed by atoms with Crippen LogP contribution in [0.1, 0.15) is 18.5 Å². The highest BCUT2D eigenvalue weighted by molar-refractivity contribution is 7.89. The molecule has 32 heavy (non-hydrogen) atoms. The van der Waals surface area contributed by atoms with Crippen LogP contribution >= 0.6 is 11.3 Å². The third kappa shape index (κ3) is 4.77. The Morgan fingerprint density at radius 2 is 2.06 bits per heavy atom. The van der Waals surface area contributed by atoms with Gasteiger partial charge in [0.25, 0.3) is 0 Å². The van der Waals surface area contributed by atoms with E-state index in [1.807, 2.05) is 0 Å². The van der Waals surface area contributed by atoms with Crippen molar-refractivity contribution in [3.05, 3.63) is 29.3 Å². The lowest BCUT2D eigenvalue weighted by atomic mass is 10.2. The van der Waals surface area contributed by atoms with Crippen molar-refractivity contribution in [3.63, 3.8) is 0 Å². The molecule has 2 aliphatic heterocycles. The molecule has 172 valence electrons. The number of sulfonamides is 1. The first-order valence-electron chi connectivity index (χ1n) is 10.2. The molecule has 2 saturated heterocycles. The number of hydrogen-bond donors (Lipinski definition) is 1. The highest BCUT2D eigenvalue weighted by Gasteiger charge is 2.30. The van der Waals surface area contributed by atoms with Gasteiger partial charge < -0.3 is 14.8 Å². The maximum Gasteiger partial charge on any atom is 0.246 e. The van der Waals surface area contributed by atoms with Gasteiger partial charge in [0.05, 0.1) is 32.4 Å². The number of carbonyl (C=O) groups is 2. The summed E-state index contributed by atoms with van der Waals surface area (Å²) >= 11 is 1.33. The fourth-order valence-electron chi connectivity index (χ4n) is 3.60. The van der Waals surface area contributed by atoms with Crippen LogP contribution in [0.25, 0.3) is 0 Å². The quantitative estimate of drug-likeness (QED) is 0.638. The molecule has 1 N–H and O–H groups in total. The van der Waals surface area contributed by atoms with E-state index in [0.29, 0.717) is 42.7 Å². The van der Waals surface area contributed by atoms with Crippen LogP contribution in [0.5, 0.6) is 5.75 Å². The Kier molecular flexibility index (Phi) is 6.74. The third-order valence-electron chi connectivity index (χ3n) is 5.22. The largest absolute Gasteiger partial charge is 0.495 e. The number of benzene rings is 1. The zero-order valence-electron chi connectivity index (χ0n) is 17.6. The minimum Gasteiger partial charge on any atom is -0.495 e. The Morgan fingerprint density at radius 3 is 2.75 bits per heavy atom. The normalized spacial score (nSPS) is 17.5. The second-order valence-electron chi connectivity index (χ2n) is 7.38. The number of anilines is 2. The van der Waals surface area contributed by atoms with Crippen molar-refractivity contribution < 1.29 is 27.5 Å². The molecule has 0 atom stereocenters. The average molecular weight is 481 g/mol. The minimum absolute atomic E-state index is 0.0100. The van der Waals surface area contributed by atoms with Crippen molar-refractivity contribution in [2.24, 2.45) is 0 Å². The van der Waals surface area contributed by atoms with E-state index in [-0.39, 0.29) is 42.0 Å². The summed E-state index contributed by atoms with van der Waals surface area (Å²) in [7, 11) is -2.40. The van der Waals surface area contributed by atoms with Crippen molar-refractivity contribution in [1.82, 2.24) is 9.29 Å². The van der Waals surface area contributed by atoms with Crippen molar-refractivity contribution in [2.75, 3.05) is 50.2 Å². The number of thiazole rings is 1. The number of amides is 2. The molecule has 0 bridgehead atoms. The SMILES string of the molecule is COc1ccc(NC(=O)Cc2csc(N3CCCC3=O)n2)cc1S(=O)(=O)N1CCOCC1. The number of aromatic nitrogens is 1. The van der Waals surface area contributed by atoms with Crippen molar-refractivity contribution in [1.29, 1.82) is 0 Å². The highest BCUT2D eigenvalue weighted by Crippen LogP contribution is 2.30. The van der Waals surface area contributed by atoms with E-state index in [9.17, 15) is 18.0 Å². The fraction of sp³-hybridized carbons (Fsp3) is 0.450. The maximum atomic E-state index is 13.1. The lowest BCUT2D eigenvalue weighted by Gasteiger charge is -2.26. The topological polar surface area (TPSA) is 118 Å². The molecule has 2 aromatic rings. The minimum atomic E-state index is -3.80. The Balaban J connectivity index is 1.47. The number of morpholine rings is 1. The molecule has 0 radical (unpaired) electrons. The Bertz CT molecular complexity index is 1110. The smallest absolute Gasteiger partial charge is 0.246 e. The van der Waals surface area contributed by atoms with Gasteiger partial charge in [-0.2, -0.15) is 4.31 Å². The molecule has 0 spiro atoms. The number of ether oxygens (including phenoxy) is 2. The Hall–Kier alpha value is -2.54. The van der Waals surface area contributed by atoms with Gasteiger partial charge in [-0.05, 0) is 24.6 Å². The zero-order valence-corrected chi connectivity index (χ0v) is 19.2. The van der Waals surface area contributed by atoms with Gasteiger partial charge in [-0.1, -0.05) is 0 Å². The molecule has 3 heterocycles. The predicted molar refractivity (Wildman–Crippen MR) is 119 cm³/mol. The maximum absolute atomic E-state index is 13.1. The monoisotopic (exact) mass is 480 g/mol. The first-order valence-corrected chi connectivity index (χ1v) is 12.5. The van der Waals surface area contributed by atoms with E-state index in [0.717, 1.165) is 6.42 Å². The molecule has 1 aromatic heterocycles. The Morgan fingerprint density at radius 1 is 1.28 bits per heavy atom. The second kappa shape index (κ2) is 9.53. The van der Waals surface area contributed by atoms with Gasteiger partial charge in [-0.3, -0.25) is 14.5 Å². The molecule has 10 nitrogen and oxygen atoms in total. The zero-order chi connectivity index (χ0) is 22.7. The number of hydrogen-bond acceptors (Lipinski definition) is 8. The number of rotatable bonds is 7. The summed E-state index contributed by atoms with van der Waals surface area (Å²) in [6.07, 6.45) is 1.33. The molecule has 2 amide bonds. The van der Waals surface area contributed by atoms with Crippen LogP contribution in [0, 0.1) is 0 Å². The van der Waals surface area contributed by atoms with Gasteiger partial charge in [0.15, 0.2) is 5.13 Å².